The Morgan fingerprint density at radius 3 is 2.86 bits per heavy atom. The number of hydrogen-bond acceptors (Lipinski definition) is 4. The zero-order valence-corrected chi connectivity index (χ0v) is 9.04. The van der Waals surface area contributed by atoms with Gasteiger partial charge in [-0.15, -0.1) is 0 Å². The van der Waals surface area contributed by atoms with Crippen LogP contribution in [0, 0.1) is 0 Å². The van der Waals surface area contributed by atoms with E-state index in [1.165, 1.54) is 0 Å². The molecule has 0 aliphatic carbocycles. The van der Waals surface area contributed by atoms with Crippen LogP contribution in [0.15, 0.2) is 0 Å². The van der Waals surface area contributed by atoms with E-state index in [0.717, 1.165) is 13.1 Å². The van der Waals surface area contributed by atoms with E-state index in [-0.39, 0.29) is 18.1 Å². The number of nitrogens with zero attached hydrogens (tertiary/aromatic N) is 1. The highest BCUT2D eigenvalue weighted by molar-refractivity contribution is 5.78. The normalized spacial score (nSPS) is 26.9. The van der Waals surface area contributed by atoms with E-state index in [4.69, 9.17) is 4.74 Å². The number of ether oxygens (including phenoxy) is 1. The minimum absolute atomic E-state index is 0.0470. The molecule has 5 heteroatoms. The molecular formula is C9H19N3O2. The van der Waals surface area contributed by atoms with E-state index in [9.17, 15) is 4.79 Å². The van der Waals surface area contributed by atoms with Crippen molar-refractivity contribution in [3.8, 4) is 0 Å². The Morgan fingerprint density at radius 2 is 2.29 bits per heavy atom. The van der Waals surface area contributed by atoms with Crippen LogP contribution in [-0.2, 0) is 9.53 Å². The summed E-state index contributed by atoms with van der Waals surface area (Å²) in [7, 11) is 5.42. The zero-order valence-electron chi connectivity index (χ0n) is 9.04. The molecule has 1 amide bonds. The molecule has 14 heavy (non-hydrogen) atoms. The molecule has 5 nitrogen and oxygen atoms in total. The first kappa shape index (κ1) is 11.4. The van der Waals surface area contributed by atoms with Crippen molar-refractivity contribution in [2.75, 3.05) is 40.8 Å². The van der Waals surface area contributed by atoms with Gasteiger partial charge in [0.2, 0.25) is 5.91 Å². The quantitative estimate of drug-likeness (QED) is 0.590. The molecule has 0 spiro atoms. The molecule has 0 bridgehead atoms. The second-order valence-corrected chi connectivity index (χ2v) is 3.84. The Balaban J connectivity index is 2.32. The van der Waals surface area contributed by atoms with Crippen LogP contribution in [-0.4, -0.2) is 63.8 Å². The standard InChI is InChI=1S/C9H19N3O2/c1-12(2)6-9(13)11-7-4-10-5-8(7)14-3/h7-8,10H,4-6H2,1-3H3,(H,11,13)/t7?,8-/m0/s1. The second-order valence-electron chi connectivity index (χ2n) is 3.84. The predicted molar refractivity (Wildman–Crippen MR) is 54.2 cm³/mol. The third-order valence-corrected chi connectivity index (χ3v) is 2.27. The van der Waals surface area contributed by atoms with Gasteiger partial charge in [-0.25, -0.2) is 0 Å². The maximum atomic E-state index is 11.4. The fourth-order valence-electron chi connectivity index (χ4n) is 1.59. The second kappa shape index (κ2) is 5.29. The summed E-state index contributed by atoms with van der Waals surface area (Å²) in [6.07, 6.45) is 0.0983. The Labute approximate surface area is 84.8 Å². The van der Waals surface area contributed by atoms with E-state index in [1.54, 1.807) is 7.11 Å². The van der Waals surface area contributed by atoms with Crippen LogP contribution < -0.4 is 10.6 Å². The Kier molecular flexibility index (Phi) is 4.31. The number of likely N-dealkylation sites (N-methyl/N-ethyl adjacent to an activating group) is 1. The number of methoxy groups -OCH3 is 1. The topological polar surface area (TPSA) is 53.6 Å². The van der Waals surface area contributed by atoms with Gasteiger partial charge in [0, 0.05) is 20.2 Å². The van der Waals surface area contributed by atoms with Crippen molar-refractivity contribution >= 4 is 5.91 Å². The van der Waals surface area contributed by atoms with Crippen LogP contribution in [0.5, 0.6) is 0 Å². The molecule has 1 rings (SSSR count). The average Bonchev–Trinajstić information content (AvgIpc) is 2.50. The summed E-state index contributed by atoms with van der Waals surface area (Å²) in [5, 5.41) is 6.12. The molecule has 1 heterocycles. The maximum Gasteiger partial charge on any atom is 0.234 e. The van der Waals surface area contributed by atoms with Crippen LogP contribution in [0.2, 0.25) is 0 Å². The molecule has 0 aromatic carbocycles. The van der Waals surface area contributed by atoms with Crippen molar-refractivity contribution < 1.29 is 9.53 Å². The SMILES string of the molecule is CO[C@H]1CNCC1NC(=O)CN(C)C. The third kappa shape index (κ3) is 3.25. The van der Waals surface area contributed by atoms with Crippen molar-refractivity contribution in [1.82, 2.24) is 15.5 Å². The Hall–Kier alpha value is -0.650. The van der Waals surface area contributed by atoms with E-state index >= 15 is 0 Å². The lowest BCUT2D eigenvalue weighted by molar-refractivity contribution is -0.123. The molecule has 0 aromatic heterocycles. The summed E-state index contributed by atoms with van der Waals surface area (Å²) in [6, 6.07) is 0.104. The molecule has 1 saturated heterocycles. The monoisotopic (exact) mass is 201 g/mol. The molecule has 0 saturated carbocycles. The molecule has 1 aliphatic rings. The van der Waals surface area contributed by atoms with Crippen LogP contribution in [0.3, 0.4) is 0 Å². The molecule has 0 aromatic rings. The molecule has 1 unspecified atom stereocenters. The summed E-state index contributed by atoms with van der Waals surface area (Å²) in [4.78, 5) is 13.3. The highest BCUT2D eigenvalue weighted by Gasteiger charge is 2.27. The number of amides is 1. The molecule has 1 fully saturated rings. The van der Waals surface area contributed by atoms with Gasteiger partial charge in [-0.3, -0.25) is 4.79 Å². The molecular weight excluding hydrogens is 182 g/mol. The minimum atomic E-state index is 0.0470. The van der Waals surface area contributed by atoms with Gasteiger partial charge in [0.25, 0.3) is 0 Å². The minimum Gasteiger partial charge on any atom is -0.378 e. The smallest absolute Gasteiger partial charge is 0.234 e. The molecule has 0 radical (unpaired) electrons. The summed E-state index contributed by atoms with van der Waals surface area (Å²) in [5.41, 5.74) is 0. The van der Waals surface area contributed by atoms with Gasteiger partial charge < -0.3 is 20.3 Å². The predicted octanol–water partition coefficient (Wildman–Crippen LogP) is -1.35. The fraction of sp³-hybridized carbons (Fsp3) is 0.889. The van der Waals surface area contributed by atoms with Crippen molar-refractivity contribution in [3.05, 3.63) is 0 Å². The van der Waals surface area contributed by atoms with Gasteiger partial charge in [-0.05, 0) is 14.1 Å². The lowest BCUT2D eigenvalue weighted by Gasteiger charge is -2.19. The number of carbonyl (C=O) groups is 1. The van der Waals surface area contributed by atoms with Crippen molar-refractivity contribution in [3.63, 3.8) is 0 Å². The molecule has 2 atom stereocenters. The van der Waals surface area contributed by atoms with Crippen molar-refractivity contribution in [1.29, 1.82) is 0 Å². The van der Waals surface area contributed by atoms with Gasteiger partial charge in [0.15, 0.2) is 0 Å². The first-order chi connectivity index (χ1) is 6.63. The summed E-state index contributed by atoms with van der Waals surface area (Å²) in [5.74, 6) is 0.0470. The summed E-state index contributed by atoms with van der Waals surface area (Å²) < 4.78 is 5.24. The number of hydrogen-bond donors (Lipinski definition) is 2. The van der Waals surface area contributed by atoms with Gasteiger partial charge in [-0.2, -0.15) is 0 Å². The van der Waals surface area contributed by atoms with Crippen LogP contribution in [0.1, 0.15) is 0 Å². The van der Waals surface area contributed by atoms with Gasteiger partial charge >= 0.3 is 0 Å². The van der Waals surface area contributed by atoms with Gasteiger partial charge in [-0.1, -0.05) is 0 Å². The van der Waals surface area contributed by atoms with Crippen LogP contribution in [0.4, 0.5) is 0 Å². The first-order valence-corrected chi connectivity index (χ1v) is 4.81. The average molecular weight is 201 g/mol. The largest absolute Gasteiger partial charge is 0.378 e. The number of rotatable bonds is 4. The molecule has 82 valence electrons. The highest BCUT2D eigenvalue weighted by atomic mass is 16.5. The lowest BCUT2D eigenvalue weighted by Crippen LogP contribution is -2.46. The summed E-state index contributed by atoms with van der Waals surface area (Å²) >= 11 is 0. The van der Waals surface area contributed by atoms with Crippen LogP contribution in [0.25, 0.3) is 0 Å². The fourth-order valence-corrected chi connectivity index (χ4v) is 1.59. The maximum absolute atomic E-state index is 11.4. The Bertz CT molecular complexity index is 196. The molecule has 2 N–H and O–H groups in total. The molecule has 1 aliphatic heterocycles. The van der Waals surface area contributed by atoms with E-state index < -0.39 is 0 Å². The summed E-state index contributed by atoms with van der Waals surface area (Å²) in [6.45, 7) is 2.02. The van der Waals surface area contributed by atoms with E-state index in [1.807, 2.05) is 19.0 Å². The third-order valence-electron chi connectivity index (χ3n) is 2.27. The Morgan fingerprint density at radius 1 is 1.57 bits per heavy atom. The number of carbonyl (C=O) groups excluding carboxylic acids is 1. The highest BCUT2D eigenvalue weighted by Crippen LogP contribution is 2.03. The zero-order chi connectivity index (χ0) is 10.6. The van der Waals surface area contributed by atoms with E-state index in [2.05, 4.69) is 10.6 Å². The van der Waals surface area contributed by atoms with Crippen molar-refractivity contribution in [2.24, 2.45) is 0 Å². The van der Waals surface area contributed by atoms with Gasteiger partial charge in [0.05, 0.1) is 18.7 Å². The van der Waals surface area contributed by atoms with Gasteiger partial charge in [0.1, 0.15) is 0 Å². The number of nitrogens with one attached hydrogen (secondary N) is 2. The van der Waals surface area contributed by atoms with Crippen LogP contribution >= 0.6 is 0 Å². The lowest BCUT2D eigenvalue weighted by atomic mass is 10.2. The van der Waals surface area contributed by atoms with E-state index in [0.29, 0.717) is 6.54 Å². The first-order valence-electron chi connectivity index (χ1n) is 4.81. The van der Waals surface area contributed by atoms with Crippen molar-refractivity contribution in [2.45, 2.75) is 12.1 Å².